The van der Waals surface area contributed by atoms with Crippen molar-refractivity contribution in [2.24, 2.45) is 7.05 Å². The van der Waals surface area contributed by atoms with Gasteiger partial charge in [0, 0.05) is 40.3 Å². The zero-order chi connectivity index (χ0) is 24.6. The number of thioether (sulfide) groups is 1. The molecule has 0 atom stereocenters. The number of aryl methyl sites for hydroxylation is 2. The van der Waals surface area contributed by atoms with E-state index in [-0.39, 0.29) is 6.42 Å². The van der Waals surface area contributed by atoms with Crippen molar-refractivity contribution in [3.63, 3.8) is 0 Å². The normalized spacial score (nSPS) is 11.8. The van der Waals surface area contributed by atoms with Crippen molar-refractivity contribution in [3.05, 3.63) is 64.3 Å². The Balaban J connectivity index is 1.58. The Morgan fingerprint density at radius 2 is 1.94 bits per heavy atom. The van der Waals surface area contributed by atoms with Gasteiger partial charge in [-0.1, -0.05) is 12.1 Å². The number of rotatable bonds is 7. The molecule has 0 saturated carbocycles. The number of alkyl halides is 3. The summed E-state index contributed by atoms with van der Waals surface area (Å²) in [5, 5.41) is 10.7. The van der Waals surface area contributed by atoms with Gasteiger partial charge < -0.3 is 14.4 Å². The van der Waals surface area contributed by atoms with Gasteiger partial charge in [-0.15, -0.1) is 23.1 Å². The molecule has 0 spiro atoms. The predicted molar refractivity (Wildman–Crippen MR) is 128 cm³/mol. The molecule has 2 aromatic carbocycles. The number of ether oxygens (including phenoxy) is 1. The average molecular weight is 507 g/mol. The molecular weight excluding hydrogens is 485 g/mol. The van der Waals surface area contributed by atoms with Crippen molar-refractivity contribution in [1.82, 2.24) is 9.55 Å². The fraction of sp³-hybridized carbons (Fsp3) is 0.250. The number of carbonyl (C=O) groups is 1. The Morgan fingerprint density at radius 1 is 1.24 bits per heavy atom. The first kappa shape index (κ1) is 24.2. The third kappa shape index (κ3) is 4.92. The minimum Gasteiger partial charge on any atom is -0.496 e. The van der Waals surface area contributed by atoms with Crippen molar-refractivity contribution < 1.29 is 27.8 Å². The number of thiazole rings is 1. The number of hydrogen-bond acceptors (Lipinski definition) is 5. The molecule has 1 N–H and O–H groups in total. The van der Waals surface area contributed by atoms with Gasteiger partial charge in [-0.25, -0.2) is 4.98 Å². The van der Waals surface area contributed by atoms with Gasteiger partial charge >= 0.3 is 12.1 Å². The second-order valence-electron chi connectivity index (χ2n) is 7.75. The van der Waals surface area contributed by atoms with Crippen molar-refractivity contribution in [3.8, 4) is 16.3 Å². The second kappa shape index (κ2) is 9.34. The zero-order valence-corrected chi connectivity index (χ0v) is 20.2. The third-order valence-corrected chi connectivity index (χ3v) is 7.86. The van der Waals surface area contributed by atoms with E-state index in [1.165, 1.54) is 23.5 Å². The SMILES string of the molecule is COc1cc2c(CC(=O)O)cn(C)c2cc1SCc1sc(-c2ccc(C(F)(F)F)cc2)nc1C. The van der Waals surface area contributed by atoms with E-state index in [0.717, 1.165) is 44.1 Å². The Bertz CT molecular complexity index is 1360. The van der Waals surface area contributed by atoms with Crippen LogP contribution in [0, 0.1) is 6.92 Å². The summed E-state index contributed by atoms with van der Waals surface area (Å²) < 4.78 is 46.0. The van der Waals surface area contributed by atoms with Crippen LogP contribution in [0.1, 0.15) is 21.7 Å². The third-order valence-electron chi connectivity index (χ3n) is 5.41. The van der Waals surface area contributed by atoms with Crippen molar-refractivity contribution in [2.45, 2.75) is 30.2 Å². The van der Waals surface area contributed by atoms with Gasteiger partial charge in [0.05, 0.1) is 29.7 Å². The highest BCUT2D eigenvalue weighted by atomic mass is 32.2. The predicted octanol–water partition coefficient (Wildman–Crippen LogP) is 6.56. The van der Waals surface area contributed by atoms with E-state index in [2.05, 4.69) is 4.98 Å². The molecule has 4 rings (SSSR count). The first-order valence-corrected chi connectivity index (χ1v) is 12.0. The molecular formula is C24H21F3N2O3S2. The lowest BCUT2D eigenvalue weighted by Gasteiger charge is -2.10. The van der Waals surface area contributed by atoms with Crippen LogP contribution in [0.5, 0.6) is 5.75 Å². The van der Waals surface area contributed by atoms with Crippen molar-refractivity contribution in [1.29, 1.82) is 0 Å². The summed E-state index contributed by atoms with van der Waals surface area (Å²) in [5.41, 5.74) is 2.42. The molecule has 0 aliphatic heterocycles. The highest BCUT2D eigenvalue weighted by Crippen LogP contribution is 2.39. The van der Waals surface area contributed by atoms with Crippen LogP contribution in [0.25, 0.3) is 21.5 Å². The highest BCUT2D eigenvalue weighted by Gasteiger charge is 2.30. The number of aromatic nitrogens is 2. The highest BCUT2D eigenvalue weighted by molar-refractivity contribution is 7.98. The molecule has 0 aliphatic carbocycles. The van der Waals surface area contributed by atoms with E-state index < -0.39 is 17.7 Å². The van der Waals surface area contributed by atoms with Gasteiger partial charge in [0.1, 0.15) is 10.8 Å². The number of fused-ring (bicyclic) bond motifs is 1. The largest absolute Gasteiger partial charge is 0.496 e. The topological polar surface area (TPSA) is 64.3 Å². The lowest BCUT2D eigenvalue weighted by atomic mass is 10.1. The van der Waals surface area contributed by atoms with Crippen molar-refractivity contribution in [2.75, 3.05) is 7.11 Å². The van der Waals surface area contributed by atoms with Crippen LogP contribution in [0.3, 0.4) is 0 Å². The van der Waals surface area contributed by atoms with Crippen LogP contribution >= 0.6 is 23.1 Å². The number of methoxy groups -OCH3 is 1. The molecule has 0 aliphatic rings. The Hall–Kier alpha value is -2.98. The van der Waals surface area contributed by atoms with E-state index in [1.54, 1.807) is 18.9 Å². The smallest absolute Gasteiger partial charge is 0.416 e. The van der Waals surface area contributed by atoms with E-state index in [4.69, 9.17) is 4.74 Å². The Morgan fingerprint density at radius 3 is 2.56 bits per heavy atom. The first-order valence-electron chi connectivity index (χ1n) is 10.2. The van der Waals surface area contributed by atoms with Gasteiger partial charge in [-0.05, 0) is 36.8 Å². The Kier molecular flexibility index (Phi) is 6.64. The maximum absolute atomic E-state index is 12.8. The fourth-order valence-corrected chi connectivity index (χ4v) is 5.93. The summed E-state index contributed by atoms with van der Waals surface area (Å²) in [4.78, 5) is 17.7. The van der Waals surface area contributed by atoms with Gasteiger partial charge in [-0.3, -0.25) is 4.79 Å². The lowest BCUT2D eigenvalue weighted by molar-refractivity contribution is -0.138. The zero-order valence-electron chi connectivity index (χ0n) is 18.6. The van der Waals surface area contributed by atoms with Crippen LogP contribution < -0.4 is 4.74 Å². The molecule has 0 amide bonds. The molecule has 0 saturated heterocycles. The van der Waals surface area contributed by atoms with E-state index >= 15 is 0 Å². The molecule has 0 fully saturated rings. The summed E-state index contributed by atoms with van der Waals surface area (Å²) in [7, 11) is 3.45. The number of halogens is 3. The molecule has 2 heterocycles. The van der Waals surface area contributed by atoms with Crippen LogP contribution in [-0.2, 0) is 30.2 Å². The summed E-state index contributed by atoms with van der Waals surface area (Å²) in [6.45, 7) is 1.88. The fourth-order valence-electron chi connectivity index (χ4n) is 3.68. The molecule has 0 bridgehead atoms. The lowest BCUT2D eigenvalue weighted by Crippen LogP contribution is -2.03. The quantitative estimate of drug-likeness (QED) is 0.288. The van der Waals surface area contributed by atoms with Gasteiger partial charge in [-0.2, -0.15) is 13.2 Å². The number of aliphatic carboxylic acids is 1. The number of benzene rings is 2. The van der Waals surface area contributed by atoms with Crippen LogP contribution in [0.4, 0.5) is 13.2 Å². The molecule has 5 nitrogen and oxygen atoms in total. The van der Waals surface area contributed by atoms with Gasteiger partial charge in [0.25, 0.3) is 0 Å². The van der Waals surface area contributed by atoms with Gasteiger partial charge in [0.15, 0.2) is 0 Å². The van der Waals surface area contributed by atoms with E-state index in [9.17, 15) is 23.1 Å². The average Bonchev–Trinajstić information content (AvgIpc) is 3.29. The molecule has 178 valence electrons. The molecule has 34 heavy (non-hydrogen) atoms. The monoisotopic (exact) mass is 506 g/mol. The standard InChI is InChI=1S/C24H21F3N2O3S2/c1-13-21(34-23(28-13)14-4-6-16(7-5-14)24(25,26)27)12-33-20-10-18-17(9-19(20)32-3)15(8-22(30)31)11-29(18)2/h4-7,9-11H,8,12H2,1-3H3,(H,30,31). The minimum absolute atomic E-state index is 0.0697. The minimum atomic E-state index is -4.37. The summed E-state index contributed by atoms with van der Waals surface area (Å²) in [5.74, 6) is 0.369. The number of carboxylic acid groups (broad SMARTS) is 1. The van der Waals surface area contributed by atoms with Crippen LogP contribution in [-0.4, -0.2) is 27.7 Å². The van der Waals surface area contributed by atoms with Crippen molar-refractivity contribution >= 4 is 40.0 Å². The molecule has 2 aromatic heterocycles. The maximum atomic E-state index is 12.8. The van der Waals surface area contributed by atoms with E-state index in [1.807, 2.05) is 36.9 Å². The maximum Gasteiger partial charge on any atom is 0.416 e. The first-order chi connectivity index (χ1) is 16.1. The Labute approximate surface area is 202 Å². The van der Waals surface area contributed by atoms with E-state index in [0.29, 0.717) is 22.1 Å². The number of carboxylic acids is 1. The number of nitrogens with zero attached hydrogens (tertiary/aromatic N) is 2. The second-order valence-corrected chi connectivity index (χ2v) is 9.85. The summed E-state index contributed by atoms with van der Waals surface area (Å²) >= 11 is 3.02. The van der Waals surface area contributed by atoms with Gasteiger partial charge in [0.2, 0.25) is 0 Å². The molecule has 0 radical (unpaired) electrons. The van der Waals surface area contributed by atoms with Crippen LogP contribution in [0.15, 0.2) is 47.5 Å². The summed E-state index contributed by atoms with van der Waals surface area (Å²) in [6.07, 6.45) is -2.62. The molecule has 10 heteroatoms. The summed E-state index contributed by atoms with van der Waals surface area (Å²) in [6, 6.07) is 8.87. The molecule has 4 aromatic rings. The number of hydrogen-bond donors (Lipinski definition) is 1. The molecule has 0 unspecified atom stereocenters. The van der Waals surface area contributed by atoms with Crippen LogP contribution in [0.2, 0.25) is 0 Å².